The van der Waals surface area contributed by atoms with Crippen LogP contribution < -0.4 is 11.1 Å². The Morgan fingerprint density at radius 3 is 2.20 bits per heavy atom. The molecule has 1 aliphatic heterocycles. The van der Waals surface area contributed by atoms with Gasteiger partial charge in [0, 0.05) is 18.0 Å². The van der Waals surface area contributed by atoms with Crippen LogP contribution >= 0.6 is 11.3 Å². The van der Waals surface area contributed by atoms with Crippen LogP contribution in [0.25, 0.3) is 0 Å². The summed E-state index contributed by atoms with van der Waals surface area (Å²) in [6.07, 6.45) is 0.772. The molecule has 0 saturated carbocycles. The summed E-state index contributed by atoms with van der Waals surface area (Å²) in [5.74, 6) is -1.12. The third kappa shape index (κ3) is 4.01. The number of carbonyl (C=O) groups excluding carboxylic acids is 2. The van der Waals surface area contributed by atoms with Crippen molar-refractivity contribution in [2.45, 2.75) is 25.8 Å². The minimum atomic E-state index is -0.483. The minimum Gasteiger partial charge on any atom is -0.365 e. The van der Waals surface area contributed by atoms with Gasteiger partial charge in [-0.05, 0) is 29.7 Å². The van der Waals surface area contributed by atoms with Gasteiger partial charge < -0.3 is 11.1 Å². The van der Waals surface area contributed by atoms with Crippen LogP contribution in [0.2, 0.25) is 0 Å². The topological polar surface area (TPSA) is 75.4 Å². The van der Waals surface area contributed by atoms with Gasteiger partial charge in [0.2, 0.25) is 5.91 Å². The number of fused-ring (bicyclic) bond motifs is 1. The highest BCUT2D eigenvalue weighted by atomic mass is 32.1. The first kappa shape index (κ1) is 20.3. The lowest BCUT2D eigenvalue weighted by molar-refractivity contribution is -0.116. The summed E-state index contributed by atoms with van der Waals surface area (Å²) in [6.45, 7) is 4.76. The molecule has 6 heteroatoms. The number of amides is 2. The molecule has 1 aliphatic rings. The molecule has 2 amide bonds. The Bertz CT molecular complexity index is 1010. The van der Waals surface area contributed by atoms with Crippen LogP contribution in [0.5, 0.6) is 0 Å². The van der Waals surface area contributed by atoms with E-state index in [0.29, 0.717) is 10.6 Å². The highest BCUT2D eigenvalue weighted by Gasteiger charge is 2.29. The van der Waals surface area contributed by atoms with Crippen molar-refractivity contribution in [2.75, 3.05) is 18.4 Å². The average Bonchev–Trinajstić information content (AvgIpc) is 3.12. The maximum Gasteiger partial charge on any atom is 0.251 e. The summed E-state index contributed by atoms with van der Waals surface area (Å²) in [5, 5.41) is 3.60. The molecule has 1 aromatic heterocycles. The second kappa shape index (κ2) is 8.81. The zero-order chi connectivity index (χ0) is 21.1. The highest BCUT2D eigenvalue weighted by molar-refractivity contribution is 7.17. The molecule has 0 bridgehead atoms. The molecule has 30 heavy (non-hydrogen) atoms. The zero-order valence-corrected chi connectivity index (χ0v) is 17.7. The molecule has 0 spiro atoms. The SMILES string of the molecule is CCN1CCc2c(sc(NC(=O)C(c3ccccc3)c3ccccc3)c2C(N)=O)C1. The summed E-state index contributed by atoms with van der Waals surface area (Å²) >= 11 is 1.47. The van der Waals surface area contributed by atoms with Gasteiger partial charge in [0.25, 0.3) is 5.91 Å². The van der Waals surface area contributed by atoms with E-state index in [1.165, 1.54) is 11.3 Å². The number of primary amides is 1. The number of anilines is 1. The number of hydrogen-bond donors (Lipinski definition) is 2. The molecule has 0 atom stereocenters. The average molecular weight is 420 g/mol. The van der Waals surface area contributed by atoms with Crippen LogP contribution in [0.15, 0.2) is 60.7 Å². The van der Waals surface area contributed by atoms with Crippen molar-refractivity contribution >= 4 is 28.2 Å². The predicted octanol–water partition coefficient (Wildman–Crippen LogP) is 4.00. The van der Waals surface area contributed by atoms with E-state index in [2.05, 4.69) is 17.1 Å². The Morgan fingerprint density at radius 2 is 1.67 bits per heavy atom. The molecule has 4 rings (SSSR count). The van der Waals surface area contributed by atoms with Gasteiger partial charge in [-0.15, -0.1) is 11.3 Å². The molecular formula is C24H25N3O2S. The Hall–Kier alpha value is -2.96. The molecule has 3 aromatic rings. The Morgan fingerprint density at radius 1 is 1.07 bits per heavy atom. The fourth-order valence-corrected chi connectivity index (χ4v) is 5.34. The molecule has 154 valence electrons. The molecule has 2 heterocycles. The molecule has 2 aromatic carbocycles. The third-order valence-corrected chi connectivity index (χ3v) is 6.73. The van der Waals surface area contributed by atoms with Crippen molar-refractivity contribution in [1.29, 1.82) is 0 Å². The van der Waals surface area contributed by atoms with Crippen molar-refractivity contribution in [3.05, 3.63) is 87.8 Å². The summed E-state index contributed by atoms with van der Waals surface area (Å²) in [4.78, 5) is 29.2. The summed E-state index contributed by atoms with van der Waals surface area (Å²) in [6, 6.07) is 19.4. The standard InChI is InChI=1S/C24H25N3O2S/c1-2-27-14-13-18-19(15-27)30-24(21(18)22(25)28)26-23(29)20(16-9-5-3-6-10-16)17-11-7-4-8-12-17/h3-12,20H,2,13-15H2,1H3,(H2,25,28)(H,26,29). The van der Waals surface area contributed by atoms with E-state index in [9.17, 15) is 9.59 Å². The number of nitrogens with zero attached hydrogens (tertiary/aromatic N) is 1. The number of carbonyl (C=O) groups is 2. The molecule has 3 N–H and O–H groups in total. The summed E-state index contributed by atoms with van der Waals surface area (Å²) in [5.41, 5.74) is 8.99. The Balaban J connectivity index is 1.70. The molecule has 0 aliphatic carbocycles. The fourth-order valence-electron chi connectivity index (χ4n) is 4.05. The molecule has 0 unspecified atom stereocenters. The van der Waals surface area contributed by atoms with E-state index in [1.54, 1.807) is 0 Å². The van der Waals surface area contributed by atoms with Crippen molar-refractivity contribution in [3.63, 3.8) is 0 Å². The van der Waals surface area contributed by atoms with Crippen molar-refractivity contribution < 1.29 is 9.59 Å². The van der Waals surface area contributed by atoms with Gasteiger partial charge in [0.05, 0.1) is 11.5 Å². The zero-order valence-electron chi connectivity index (χ0n) is 16.9. The van der Waals surface area contributed by atoms with Crippen molar-refractivity contribution in [2.24, 2.45) is 5.73 Å². The monoisotopic (exact) mass is 419 g/mol. The number of rotatable bonds is 6. The molecular weight excluding hydrogens is 394 g/mol. The first-order valence-electron chi connectivity index (χ1n) is 10.2. The summed E-state index contributed by atoms with van der Waals surface area (Å²) in [7, 11) is 0. The van der Waals surface area contributed by atoms with Gasteiger partial charge in [-0.2, -0.15) is 0 Å². The Kier molecular flexibility index (Phi) is 5.97. The maximum atomic E-state index is 13.5. The first-order chi connectivity index (χ1) is 14.6. The van der Waals surface area contributed by atoms with Crippen molar-refractivity contribution in [3.8, 4) is 0 Å². The van der Waals surface area contributed by atoms with Crippen LogP contribution in [0.1, 0.15) is 44.8 Å². The number of benzene rings is 2. The third-order valence-electron chi connectivity index (χ3n) is 5.59. The highest BCUT2D eigenvalue weighted by Crippen LogP contribution is 2.38. The van der Waals surface area contributed by atoms with Crippen LogP contribution in [0.4, 0.5) is 5.00 Å². The smallest absolute Gasteiger partial charge is 0.251 e. The van der Waals surface area contributed by atoms with Gasteiger partial charge in [-0.1, -0.05) is 67.6 Å². The van der Waals surface area contributed by atoms with Crippen LogP contribution in [0, 0.1) is 0 Å². The van der Waals surface area contributed by atoms with Crippen LogP contribution in [-0.2, 0) is 17.8 Å². The lowest BCUT2D eigenvalue weighted by atomic mass is 9.90. The fraction of sp³-hybridized carbons (Fsp3) is 0.250. The van der Waals surface area contributed by atoms with E-state index in [0.717, 1.165) is 47.6 Å². The number of likely N-dealkylation sites (N-methyl/N-ethyl adjacent to an activating group) is 1. The maximum absolute atomic E-state index is 13.5. The molecule has 0 fully saturated rings. The van der Waals surface area contributed by atoms with E-state index in [1.807, 2.05) is 60.7 Å². The largest absolute Gasteiger partial charge is 0.365 e. The number of thiophene rings is 1. The predicted molar refractivity (Wildman–Crippen MR) is 121 cm³/mol. The molecule has 0 radical (unpaired) electrons. The number of nitrogens with two attached hydrogens (primary N) is 1. The van der Waals surface area contributed by atoms with E-state index in [-0.39, 0.29) is 5.91 Å². The normalized spacial score (nSPS) is 13.8. The quantitative estimate of drug-likeness (QED) is 0.634. The molecule has 5 nitrogen and oxygen atoms in total. The van der Waals surface area contributed by atoms with Crippen LogP contribution in [0.3, 0.4) is 0 Å². The van der Waals surface area contributed by atoms with Gasteiger partial charge in [-0.3, -0.25) is 14.5 Å². The lowest BCUT2D eigenvalue weighted by Crippen LogP contribution is -2.30. The van der Waals surface area contributed by atoms with Gasteiger partial charge in [0.1, 0.15) is 5.00 Å². The number of nitrogens with one attached hydrogen (secondary N) is 1. The first-order valence-corrected chi connectivity index (χ1v) is 11.0. The molecule has 0 saturated heterocycles. The minimum absolute atomic E-state index is 0.166. The van der Waals surface area contributed by atoms with E-state index in [4.69, 9.17) is 5.73 Å². The summed E-state index contributed by atoms with van der Waals surface area (Å²) < 4.78 is 0. The van der Waals surface area contributed by atoms with Gasteiger partial charge >= 0.3 is 0 Å². The Labute approximate surface area is 180 Å². The van der Waals surface area contributed by atoms with Crippen LogP contribution in [-0.4, -0.2) is 29.8 Å². The van der Waals surface area contributed by atoms with Gasteiger partial charge in [0.15, 0.2) is 0 Å². The number of hydrogen-bond acceptors (Lipinski definition) is 4. The lowest BCUT2D eigenvalue weighted by Gasteiger charge is -2.25. The second-order valence-corrected chi connectivity index (χ2v) is 8.54. The van der Waals surface area contributed by atoms with Crippen molar-refractivity contribution in [1.82, 2.24) is 4.90 Å². The van der Waals surface area contributed by atoms with Gasteiger partial charge in [-0.25, -0.2) is 0 Å². The van der Waals surface area contributed by atoms with E-state index < -0.39 is 11.8 Å². The second-order valence-electron chi connectivity index (χ2n) is 7.43. The van der Waals surface area contributed by atoms with E-state index >= 15 is 0 Å².